The molecule has 20 heavy (non-hydrogen) atoms. The first-order valence-electron chi connectivity index (χ1n) is 7.28. The van der Waals surface area contributed by atoms with Crippen molar-refractivity contribution in [1.82, 2.24) is 10.6 Å². The van der Waals surface area contributed by atoms with E-state index in [4.69, 9.17) is 4.74 Å². The Labute approximate surface area is 120 Å². The Morgan fingerprint density at radius 1 is 1.35 bits per heavy atom. The summed E-state index contributed by atoms with van der Waals surface area (Å²) in [6.07, 6.45) is 2.22. The second-order valence-electron chi connectivity index (χ2n) is 5.45. The molecule has 1 aromatic rings. The monoisotopic (exact) mass is 276 g/mol. The van der Waals surface area contributed by atoms with Gasteiger partial charge in [0, 0.05) is 19.7 Å². The molecule has 1 saturated carbocycles. The molecule has 0 radical (unpaired) electrons. The Bertz CT molecular complexity index is 416. The molecule has 1 atom stereocenters. The van der Waals surface area contributed by atoms with Crippen molar-refractivity contribution in [3.63, 3.8) is 0 Å². The van der Waals surface area contributed by atoms with Gasteiger partial charge in [-0.2, -0.15) is 0 Å². The van der Waals surface area contributed by atoms with Crippen molar-refractivity contribution in [3.05, 3.63) is 35.9 Å². The summed E-state index contributed by atoms with van der Waals surface area (Å²) in [5.74, 6) is 0.683. The van der Waals surface area contributed by atoms with E-state index in [0.29, 0.717) is 25.1 Å². The molecule has 1 aliphatic rings. The molecule has 0 bridgehead atoms. The number of nitrogens with one attached hydrogen (secondary N) is 2. The zero-order valence-electron chi connectivity index (χ0n) is 12.3. The quantitative estimate of drug-likeness (QED) is 0.745. The predicted octanol–water partition coefficient (Wildman–Crippen LogP) is 1.67. The Hall–Kier alpha value is -1.39. The molecule has 1 amide bonds. The van der Waals surface area contributed by atoms with Gasteiger partial charge in [-0.1, -0.05) is 30.3 Å². The lowest BCUT2D eigenvalue weighted by Gasteiger charge is -2.37. The van der Waals surface area contributed by atoms with Crippen LogP contribution in [0.3, 0.4) is 0 Å². The molecular formula is C16H24N2O2. The minimum absolute atomic E-state index is 0.0465. The number of hydrogen-bond acceptors (Lipinski definition) is 3. The first-order valence-corrected chi connectivity index (χ1v) is 7.28. The molecule has 2 rings (SSSR count). The van der Waals surface area contributed by atoms with Crippen molar-refractivity contribution in [2.45, 2.75) is 37.8 Å². The smallest absolute Gasteiger partial charge is 0.236 e. The second kappa shape index (κ2) is 7.41. The fourth-order valence-corrected chi connectivity index (χ4v) is 2.61. The van der Waals surface area contributed by atoms with E-state index in [2.05, 4.69) is 34.9 Å². The summed E-state index contributed by atoms with van der Waals surface area (Å²) >= 11 is 0. The number of amides is 1. The first-order chi connectivity index (χ1) is 9.70. The molecule has 0 aromatic heterocycles. The highest BCUT2D eigenvalue weighted by molar-refractivity contribution is 5.81. The van der Waals surface area contributed by atoms with E-state index < -0.39 is 0 Å². The van der Waals surface area contributed by atoms with Crippen LogP contribution in [-0.4, -0.2) is 38.3 Å². The van der Waals surface area contributed by atoms with E-state index in [1.54, 1.807) is 7.11 Å². The van der Waals surface area contributed by atoms with Crippen LogP contribution in [0.4, 0.5) is 0 Å². The molecule has 0 saturated heterocycles. The lowest BCUT2D eigenvalue weighted by atomic mass is 9.75. The van der Waals surface area contributed by atoms with Crippen LogP contribution < -0.4 is 10.6 Å². The van der Waals surface area contributed by atoms with Crippen LogP contribution in [-0.2, 0) is 9.53 Å². The Morgan fingerprint density at radius 3 is 2.70 bits per heavy atom. The maximum atomic E-state index is 11.8. The molecule has 110 valence electrons. The van der Waals surface area contributed by atoms with Crippen LogP contribution in [0.2, 0.25) is 0 Å². The molecule has 1 aromatic carbocycles. The average molecular weight is 276 g/mol. The summed E-state index contributed by atoms with van der Waals surface area (Å²) in [6, 6.07) is 10.9. The number of rotatable bonds is 7. The Balaban J connectivity index is 1.67. The molecular weight excluding hydrogens is 252 g/mol. The van der Waals surface area contributed by atoms with Gasteiger partial charge in [0.1, 0.15) is 0 Å². The minimum Gasteiger partial charge on any atom is -0.383 e. The van der Waals surface area contributed by atoms with E-state index in [-0.39, 0.29) is 11.9 Å². The van der Waals surface area contributed by atoms with Crippen molar-refractivity contribution in [3.8, 4) is 0 Å². The van der Waals surface area contributed by atoms with Gasteiger partial charge in [0.15, 0.2) is 0 Å². The summed E-state index contributed by atoms with van der Waals surface area (Å²) in [5, 5.41) is 6.24. The van der Waals surface area contributed by atoms with Gasteiger partial charge in [-0.15, -0.1) is 0 Å². The largest absolute Gasteiger partial charge is 0.383 e. The number of carbonyl (C=O) groups excluding carboxylic acids is 1. The van der Waals surface area contributed by atoms with Crippen LogP contribution in [0, 0.1) is 0 Å². The van der Waals surface area contributed by atoms with Crippen molar-refractivity contribution >= 4 is 5.91 Å². The van der Waals surface area contributed by atoms with Gasteiger partial charge in [0.2, 0.25) is 5.91 Å². The Kier molecular flexibility index (Phi) is 5.56. The average Bonchev–Trinajstić information content (AvgIpc) is 2.43. The van der Waals surface area contributed by atoms with E-state index in [9.17, 15) is 4.79 Å². The van der Waals surface area contributed by atoms with Gasteiger partial charge in [-0.25, -0.2) is 0 Å². The van der Waals surface area contributed by atoms with Crippen molar-refractivity contribution in [2.24, 2.45) is 0 Å². The number of carbonyl (C=O) groups is 1. The van der Waals surface area contributed by atoms with Crippen molar-refractivity contribution < 1.29 is 9.53 Å². The minimum atomic E-state index is -0.145. The van der Waals surface area contributed by atoms with E-state index >= 15 is 0 Å². The third-order valence-corrected chi connectivity index (χ3v) is 3.89. The molecule has 4 nitrogen and oxygen atoms in total. The molecule has 0 heterocycles. The fourth-order valence-electron chi connectivity index (χ4n) is 2.61. The summed E-state index contributed by atoms with van der Waals surface area (Å²) in [6.45, 7) is 3.04. The summed E-state index contributed by atoms with van der Waals surface area (Å²) in [5.41, 5.74) is 1.41. The fraction of sp³-hybridized carbons (Fsp3) is 0.562. The maximum absolute atomic E-state index is 11.8. The van der Waals surface area contributed by atoms with Gasteiger partial charge in [-0.3, -0.25) is 4.79 Å². The van der Waals surface area contributed by atoms with Crippen LogP contribution in [0.15, 0.2) is 30.3 Å². The van der Waals surface area contributed by atoms with Crippen molar-refractivity contribution in [1.29, 1.82) is 0 Å². The molecule has 0 aliphatic heterocycles. The molecule has 1 unspecified atom stereocenters. The summed E-state index contributed by atoms with van der Waals surface area (Å²) in [7, 11) is 1.63. The highest BCUT2D eigenvalue weighted by atomic mass is 16.5. The zero-order valence-corrected chi connectivity index (χ0v) is 12.3. The van der Waals surface area contributed by atoms with Gasteiger partial charge in [-0.05, 0) is 31.2 Å². The second-order valence-corrected chi connectivity index (χ2v) is 5.45. The molecule has 4 heteroatoms. The number of methoxy groups -OCH3 is 1. The van der Waals surface area contributed by atoms with E-state index in [0.717, 1.165) is 12.8 Å². The molecule has 0 spiro atoms. The number of hydrogen-bond donors (Lipinski definition) is 2. The highest BCUT2D eigenvalue weighted by Crippen LogP contribution is 2.36. The standard InChI is InChI=1S/C16H24N2O2/c1-12(16(19)17-8-9-20-2)18-15-10-14(11-15)13-6-4-3-5-7-13/h3-7,12,14-15,18H,8-11H2,1-2H3,(H,17,19). The van der Waals surface area contributed by atoms with E-state index in [1.165, 1.54) is 5.56 Å². The number of ether oxygens (including phenoxy) is 1. The van der Waals surface area contributed by atoms with Crippen LogP contribution in [0.25, 0.3) is 0 Å². The van der Waals surface area contributed by atoms with Crippen LogP contribution >= 0.6 is 0 Å². The van der Waals surface area contributed by atoms with Crippen LogP contribution in [0.5, 0.6) is 0 Å². The first kappa shape index (κ1) is 15.0. The topological polar surface area (TPSA) is 50.4 Å². The lowest BCUT2D eigenvalue weighted by molar-refractivity contribution is -0.123. The van der Waals surface area contributed by atoms with Gasteiger partial charge >= 0.3 is 0 Å². The normalized spacial score (nSPS) is 22.9. The van der Waals surface area contributed by atoms with Gasteiger partial charge < -0.3 is 15.4 Å². The lowest BCUT2D eigenvalue weighted by Crippen LogP contribution is -2.51. The van der Waals surface area contributed by atoms with Gasteiger partial charge in [0.05, 0.1) is 12.6 Å². The van der Waals surface area contributed by atoms with Gasteiger partial charge in [0.25, 0.3) is 0 Å². The highest BCUT2D eigenvalue weighted by Gasteiger charge is 2.31. The molecule has 1 aliphatic carbocycles. The molecule has 1 fully saturated rings. The third kappa shape index (κ3) is 4.05. The number of benzene rings is 1. The van der Waals surface area contributed by atoms with E-state index in [1.807, 2.05) is 13.0 Å². The predicted molar refractivity (Wildman–Crippen MR) is 79.7 cm³/mol. The third-order valence-electron chi connectivity index (χ3n) is 3.89. The summed E-state index contributed by atoms with van der Waals surface area (Å²) < 4.78 is 4.91. The Morgan fingerprint density at radius 2 is 2.05 bits per heavy atom. The van der Waals surface area contributed by atoms with Crippen molar-refractivity contribution in [2.75, 3.05) is 20.3 Å². The van der Waals surface area contributed by atoms with Crippen LogP contribution in [0.1, 0.15) is 31.2 Å². The maximum Gasteiger partial charge on any atom is 0.236 e. The molecule has 2 N–H and O–H groups in total. The SMILES string of the molecule is COCCNC(=O)C(C)NC1CC(c2ccccc2)C1. The zero-order chi connectivity index (χ0) is 14.4. The summed E-state index contributed by atoms with van der Waals surface area (Å²) in [4.78, 5) is 11.8.